The minimum Gasteiger partial charge on any atom is -0.309 e. The summed E-state index contributed by atoms with van der Waals surface area (Å²) >= 11 is 0. The molecule has 2 aromatic carbocycles. The molecule has 0 unspecified atom stereocenters. The van der Waals surface area contributed by atoms with E-state index in [9.17, 15) is 0 Å². The highest BCUT2D eigenvalue weighted by molar-refractivity contribution is 6.92. The van der Waals surface area contributed by atoms with Gasteiger partial charge in [0.15, 0.2) is 0 Å². The summed E-state index contributed by atoms with van der Waals surface area (Å²) in [6.07, 6.45) is 2.43. The summed E-state index contributed by atoms with van der Waals surface area (Å²) in [5, 5.41) is 1.50. The van der Waals surface area contributed by atoms with Gasteiger partial charge in [0.1, 0.15) is 0 Å². The molecule has 0 aliphatic heterocycles. The van der Waals surface area contributed by atoms with Crippen molar-refractivity contribution < 1.29 is 0 Å². The lowest BCUT2D eigenvalue weighted by molar-refractivity contribution is 0.368. The molecule has 2 nitrogen and oxygen atoms in total. The van der Waals surface area contributed by atoms with E-state index < -0.39 is 8.40 Å². The highest BCUT2D eigenvalue weighted by Gasteiger charge is 2.42. The molecule has 0 bridgehead atoms. The van der Waals surface area contributed by atoms with E-state index in [1.807, 2.05) is 0 Å². The third kappa shape index (κ3) is 4.34. The molecular weight excluding hydrogens is 332 g/mol. The first-order chi connectivity index (χ1) is 12.6. The van der Waals surface area contributed by atoms with E-state index in [0.717, 1.165) is 26.2 Å². The normalized spacial score (nSPS) is 12.8. The summed E-state index contributed by atoms with van der Waals surface area (Å²) in [6.45, 7) is 16.0. The van der Waals surface area contributed by atoms with E-state index >= 15 is 0 Å². The molecule has 26 heavy (non-hydrogen) atoms. The Hall–Kier alpha value is -1.68. The average Bonchev–Trinajstić information content (AvgIpc) is 2.69. The second-order valence-corrected chi connectivity index (χ2v) is 10.5. The lowest BCUT2D eigenvalue weighted by Crippen LogP contribution is -2.64. The van der Waals surface area contributed by atoms with Crippen molar-refractivity contribution in [3.05, 3.63) is 71.8 Å². The Labute approximate surface area is 161 Å². The first kappa shape index (κ1) is 20.6. The van der Waals surface area contributed by atoms with E-state index in [4.69, 9.17) is 0 Å². The lowest BCUT2D eigenvalue weighted by atomic mass is 10.1. The van der Waals surface area contributed by atoms with E-state index in [2.05, 4.69) is 110 Å². The molecule has 0 aliphatic carbocycles. The highest BCUT2D eigenvalue weighted by atomic mass is 28.3. The van der Waals surface area contributed by atoms with Crippen LogP contribution in [0.25, 0.3) is 11.3 Å². The standard InChI is InChI=1S/C23H34N2Si/c1-6-24(7-2)26(5,25(8-3)9-4)23(22-18-14-11-15-19-22)20-21-16-12-10-13-17-21/h10-20H,6-9H2,1-5H3. The maximum absolute atomic E-state index is 2.71. The number of nitrogens with zero attached hydrogens (tertiary/aromatic N) is 2. The van der Waals surface area contributed by atoms with Crippen molar-refractivity contribution in [3.63, 3.8) is 0 Å². The molecule has 0 N–H and O–H groups in total. The number of rotatable bonds is 9. The summed E-state index contributed by atoms with van der Waals surface area (Å²) in [5.41, 5.74) is 2.63. The zero-order valence-corrected chi connectivity index (χ0v) is 18.1. The van der Waals surface area contributed by atoms with Gasteiger partial charge in [0.25, 0.3) is 0 Å². The molecule has 0 fully saturated rings. The van der Waals surface area contributed by atoms with Crippen molar-refractivity contribution >= 4 is 19.7 Å². The van der Waals surface area contributed by atoms with Crippen LogP contribution in [0.5, 0.6) is 0 Å². The molecule has 140 valence electrons. The quantitative estimate of drug-likeness (QED) is 0.426. The average molecular weight is 367 g/mol. The molecule has 0 aromatic heterocycles. The van der Waals surface area contributed by atoms with Crippen LogP contribution in [0.1, 0.15) is 38.8 Å². The van der Waals surface area contributed by atoms with Gasteiger partial charge in [0, 0.05) is 0 Å². The fourth-order valence-electron chi connectivity index (χ4n) is 4.05. The lowest BCUT2D eigenvalue weighted by Gasteiger charge is -2.47. The van der Waals surface area contributed by atoms with Gasteiger partial charge < -0.3 is 9.13 Å². The molecule has 0 radical (unpaired) electrons. The molecule has 0 amide bonds. The summed E-state index contributed by atoms with van der Waals surface area (Å²) in [6, 6.07) is 21.7. The van der Waals surface area contributed by atoms with Gasteiger partial charge in [-0.05, 0) is 49.0 Å². The van der Waals surface area contributed by atoms with Gasteiger partial charge in [0.2, 0.25) is 8.40 Å². The Kier molecular flexibility index (Phi) is 7.82. The molecule has 3 heteroatoms. The van der Waals surface area contributed by atoms with E-state index in [1.165, 1.54) is 16.3 Å². The van der Waals surface area contributed by atoms with Crippen LogP contribution in [0.15, 0.2) is 60.7 Å². The summed E-state index contributed by atoms with van der Waals surface area (Å²) in [7, 11) is -2.03. The fourth-order valence-corrected chi connectivity index (χ4v) is 8.74. The zero-order chi connectivity index (χ0) is 19.0. The minimum absolute atomic E-state index is 1.08. The third-order valence-electron chi connectivity index (χ3n) is 5.46. The fraction of sp³-hybridized carbons (Fsp3) is 0.391. The Morgan fingerprint density at radius 2 is 1.15 bits per heavy atom. The van der Waals surface area contributed by atoms with Gasteiger partial charge in [-0.3, -0.25) is 0 Å². The van der Waals surface area contributed by atoms with Crippen LogP contribution in [-0.2, 0) is 0 Å². The zero-order valence-electron chi connectivity index (χ0n) is 17.1. The smallest absolute Gasteiger partial charge is 0.237 e. The summed E-state index contributed by atoms with van der Waals surface area (Å²) in [5.74, 6) is 0. The van der Waals surface area contributed by atoms with Crippen LogP contribution in [0.2, 0.25) is 6.55 Å². The van der Waals surface area contributed by atoms with E-state index in [-0.39, 0.29) is 0 Å². The third-order valence-corrected chi connectivity index (χ3v) is 10.6. The van der Waals surface area contributed by atoms with Crippen molar-refractivity contribution in [1.82, 2.24) is 9.13 Å². The minimum atomic E-state index is -2.03. The van der Waals surface area contributed by atoms with Crippen molar-refractivity contribution in [2.24, 2.45) is 0 Å². The van der Waals surface area contributed by atoms with E-state index in [1.54, 1.807) is 0 Å². The molecule has 0 spiro atoms. The van der Waals surface area contributed by atoms with Crippen LogP contribution < -0.4 is 0 Å². The molecule has 2 rings (SSSR count). The van der Waals surface area contributed by atoms with Gasteiger partial charge in [-0.25, -0.2) is 0 Å². The van der Waals surface area contributed by atoms with Crippen LogP contribution >= 0.6 is 0 Å². The predicted octanol–water partition coefficient (Wildman–Crippen LogP) is 5.52. The van der Waals surface area contributed by atoms with Crippen LogP contribution in [0.3, 0.4) is 0 Å². The molecule has 2 aromatic rings. The summed E-state index contributed by atoms with van der Waals surface area (Å²) < 4.78 is 5.42. The Bertz CT molecular complexity index is 662. The second-order valence-electron chi connectivity index (χ2n) is 6.70. The predicted molar refractivity (Wildman–Crippen MR) is 118 cm³/mol. The first-order valence-electron chi connectivity index (χ1n) is 9.94. The Balaban J connectivity index is 2.71. The Morgan fingerprint density at radius 1 is 0.731 bits per heavy atom. The van der Waals surface area contributed by atoms with Crippen molar-refractivity contribution in [2.45, 2.75) is 34.2 Å². The van der Waals surface area contributed by atoms with Gasteiger partial charge in [0.05, 0.1) is 0 Å². The molecule has 0 heterocycles. The number of benzene rings is 2. The molecule has 0 saturated carbocycles. The van der Waals surface area contributed by atoms with Crippen LogP contribution in [-0.4, -0.2) is 43.7 Å². The number of hydrogen-bond acceptors (Lipinski definition) is 2. The maximum atomic E-state index is 2.71. The molecule has 0 atom stereocenters. The van der Waals surface area contributed by atoms with Crippen molar-refractivity contribution in [1.29, 1.82) is 0 Å². The summed E-state index contributed by atoms with van der Waals surface area (Å²) in [4.78, 5) is 0. The largest absolute Gasteiger partial charge is 0.309 e. The highest BCUT2D eigenvalue weighted by Crippen LogP contribution is 2.33. The van der Waals surface area contributed by atoms with Crippen molar-refractivity contribution in [3.8, 4) is 0 Å². The van der Waals surface area contributed by atoms with Gasteiger partial charge in [-0.2, -0.15) is 0 Å². The maximum Gasteiger partial charge on any atom is 0.237 e. The first-order valence-corrected chi connectivity index (χ1v) is 12.3. The van der Waals surface area contributed by atoms with Gasteiger partial charge in [-0.1, -0.05) is 94.4 Å². The topological polar surface area (TPSA) is 6.48 Å². The van der Waals surface area contributed by atoms with Gasteiger partial charge in [-0.15, -0.1) is 0 Å². The van der Waals surface area contributed by atoms with Gasteiger partial charge >= 0.3 is 0 Å². The van der Waals surface area contributed by atoms with Crippen molar-refractivity contribution in [2.75, 3.05) is 26.2 Å². The molecule has 0 aliphatic rings. The van der Waals surface area contributed by atoms with Crippen LogP contribution in [0, 0.1) is 0 Å². The Morgan fingerprint density at radius 3 is 1.58 bits per heavy atom. The van der Waals surface area contributed by atoms with E-state index in [0.29, 0.717) is 0 Å². The molecule has 0 saturated heterocycles. The SMILES string of the molecule is CCN(CC)[Si](C)(C(=Cc1ccccc1)c1ccccc1)N(CC)CC. The second kappa shape index (κ2) is 9.86. The molecular formula is C23H34N2Si. The number of hydrogen-bond donors (Lipinski definition) is 0. The van der Waals surface area contributed by atoms with Crippen LogP contribution in [0.4, 0.5) is 0 Å². The monoisotopic (exact) mass is 366 g/mol.